The van der Waals surface area contributed by atoms with Gasteiger partial charge in [0.2, 0.25) is 0 Å². The normalized spacial score (nSPS) is 14.2. The van der Waals surface area contributed by atoms with Gasteiger partial charge in [0.1, 0.15) is 11.2 Å². The average Bonchev–Trinajstić information content (AvgIpc) is 3.96. The van der Waals surface area contributed by atoms with Gasteiger partial charge in [-0.2, -0.15) is 0 Å². The zero-order chi connectivity index (χ0) is 38.2. The second-order valence-electron chi connectivity index (χ2n) is 15.2. The summed E-state index contributed by atoms with van der Waals surface area (Å²) in [4.78, 5) is 2.49. The van der Waals surface area contributed by atoms with E-state index < -0.39 is 0 Å². The van der Waals surface area contributed by atoms with Crippen molar-refractivity contribution in [1.29, 1.82) is 0 Å². The number of rotatable bonds is 6. The third kappa shape index (κ3) is 5.26. The van der Waals surface area contributed by atoms with Crippen LogP contribution in [0.2, 0.25) is 0 Å². The first-order valence-electron chi connectivity index (χ1n) is 19.9. The summed E-state index contributed by atoms with van der Waals surface area (Å²) in [6.07, 6.45) is 9.85. The smallest absolute Gasteiger partial charge is 0.143 e. The maximum atomic E-state index is 6.74. The maximum absolute atomic E-state index is 6.74. The van der Waals surface area contributed by atoms with Gasteiger partial charge in [-0.05, 0) is 89.8 Å². The third-order valence-electron chi connectivity index (χ3n) is 11.9. The van der Waals surface area contributed by atoms with Crippen molar-refractivity contribution in [2.45, 2.75) is 12.5 Å². The molecular formula is C54H36N2OS. The molecule has 11 aromatic rings. The van der Waals surface area contributed by atoms with Crippen molar-refractivity contribution in [3.8, 4) is 27.9 Å². The number of nitrogens with zero attached hydrogens (tertiary/aromatic N) is 2. The van der Waals surface area contributed by atoms with Gasteiger partial charge in [-0.1, -0.05) is 133 Å². The molecule has 274 valence electrons. The Morgan fingerprint density at radius 2 is 1.22 bits per heavy atom. The van der Waals surface area contributed by atoms with Crippen LogP contribution in [-0.2, 0) is 0 Å². The van der Waals surface area contributed by atoms with Crippen LogP contribution in [0.15, 0.2) is 205 Å². The second kappa shape index (κ2) is 13.2. The molecule has 0 spiro atoms. The molecule has 3 aromatic heterocycles. The topological polar surface area (TPSA) is 21.3 Å². The minimum Gasteiger partial charge on any atom is -0.455 e. The molecule has 0 aliphatic heterocycles. The van der Waals surface area contributed by atoms with Crippen molar-refractivity contribution in [3.63, 3.8) is 0 Å². The predicted octanol–water partition coefficient (Wildman–Crippen LogP) is 15.4. The number of anilines is 2. The van der Waals surface area contributed by atoms with Gasteiger partial charge in [-0.25, -0.2) is 0 Å². The van der Waals surface area contributed by atoms with Crippen LogP contribution in [0.1, 0.15) is 6.42 Å². The van der Waals surface area contributed by atoms with Gasteiger partial charge >= 0.3 is 0 Å². The number of hydrogen-bond acceptors (Lipinski definition) is 3. The molecule has 3 nitrogen and oxygen atoms in total. The lowest BCUT2D eigenvalue weighted by molar-refractivity contribution is 0.670. The number of benzene rings is 8. The highest BCUT2D eigenvalue weighted by Gasteiger charge is 2.22. The summed E-state index contributed by atoms with van der Waals surface area (Å²) < 4.78 is 11.8. The molecule has 1 aliphatic carbocycles. The van der Waals surface area contributed by atoms with Crippen LogP contribution in [0, 0.1) is 0 Å². The van der Waals surface area contributed by atoms with E-state index in [1.165, 1.54) is 58.8 Å². The number of hydrogen-bond donors (Lipinski definition) is 0. The van der Waals surface area contributed by atoms with E-state index in [0.717, 1.165) is 50.9 Å². The van der Waals surface area contributed by atoms with Crippen LogP contribution in [-0.4, -0.2) is 10.6 Å². The first-order valence-corrected chi connectivity index (χ1v) is 20.8. The van der Waals surface area contributed by atoms with Gasteiger partial charge in [0.25, 0.3) is 0 Å². The molecule has 0 saturated heterocycles. The van der Waals surface area contributed by atoms with Gasteiger partial charge in [0, 0.05) is 64.3 Å². The molecule has 0 N–H and O–H groups in total. The number of aromatic nitrogens is 1. The number of fused-ring (bicyclic) bond motifs is 9. The van der Waals surface area contributed by atoms with E-state index in [1.54, 1.807) is 0 Å². The summed E-state index contributed by atoms with van der Waals surface area (Å²) in [6, 6.07) is 64.3. The Hall–Kier alpha value is -7.14. The fraction of sp³-hybridized carbons (Fsp3) is 0.0370. The van der Waals surface area contributed by atoms with Crippen molar-refractivity contribution in [1.82, 2.24) is 4.57 Å². The summed E-state index contributed by atoms with van der Waals surface area (Å²) in [6.45, 7) is 0. The van der Waals surface area contributed by atoms with E-state index in [9.17, 15) is 0 Å². The van der Waals surface area contributed by atoms with E-state index in [0.29, 0.717) is 0 Å². The molecule has 0 radical (unpaired) electrons. The molecule has 3 heterocycles. The van der Waals surface area contributed by atoms with Gasteiger partial charge < -0.3 is 13.9 Å². The fourth-order valence-corrected chi connectivity index (χ4v) is 10.3. The summed E-state index contributed by atoms with van der Waals surface area (Å²) in [5.74, 6) is 0. The zero-order valence-electron chi connectivity index (χ0n) is 31.5. The molecule has 0 bridgehead atoms. The highest BCUT2D eigenvalue weighted by Crippen LogP contribution is 2.43. The molecule has 58 heavy (non-hydrogen) atoms. The molecule has 0 fully saturated rings. The molecule has 4 heteroatoms. The standard InChI is InChI=1S/C54H36N2OS/c1-3-13-35(14-4-1)37-25-29-43-42-17-7-10-20-49(42)56(50(43)31-37)41-33-46(54-48(34-41)44-18-8-11-21-51(44)57-54)36-23-26-39(27-24-36)55(38-15-5-2-6-16-38)40-28-30-53-47(32-40)45-19-9-12-22-52(45)58-53/h1-15,17-34,38H,16H2. The Labute approximate surface area is 339 Å². The second-order valence-corrected chi connectivity index (χ2v) is 16.3. The zero-order valence-corrected chi connectivity index (χ0v) is 32.4. The van der Waals surface area contributed by atoms with Crippen LogP contribution < -0.4 is 4.90 Å². The van der Waals surface area contributed by atoms with E-state index >= 15 is 0 Å². The summed E-state index contributed by atoms with van der Waals surface area (Å²) in [5.41, 5.74) is 12.2. The molecule has 0 saturated carbocycles. The SMILES string of the molecule is C1=CCC(N(c2ccc(-c3cc(-n4c5ccccc5c5ccc(-c6ccccc6)cc54)cc4c3oc3ccccc34)cc2)c2ccc3sc4ccccc4c3c2)C=C1. The van der Waals surface area contributed by atoms with E-state index in [4.69, 9.17) is 4.42 Å². The van der Waals surface area contributed by atoms with Crippen LogP contribution in [0.5, 0.6) is 0 Å². The Balaban J connectivity index is 1.04. The van der Waals surface area contributed by atoms with E-state index in [1.807, 2.05) is 11.3 Å². The molecular weight excluding hydrogens is 725 g/mol. The first kappa shape index (κ1) is 33.0. The quantitative estimate of drug-likeness (QED) is 0.168. The van der Waals surface area contributed by atoms with Crippen LogP contribution in [0.3, 0.4) is 0 Å². The minimum absolute atomic E-state index is 0.194. The van der Waals surface area contributed by atoms with Crippen molar-refractivity contribution >= 4 is 86.6 Å². The van der Waals surface area contributed by atoms with Crippen molar-refractivity contribution in [3.05, 3.63) is 200 Å². The highest BCUT2D eigenvalue weighted by molar-refractivity contribution is 7.25. The summed E-state index contributed by atoms with van der Waals surface area (Å²) in [7, 11) is 0. The number of para-hydroxylation sites is 2. The number of thiophene rings is 1. The molecule has 1 atom stereocenters. The maximum Gasteiger partial charge on any atom is 0.143 e. The van der Waals surface area contributed by atoms with E-state index in [-0.39, 0.29) is 6.04 Å². The molecule has 12 rings (SSSR count). The first-order chi connectivity index (χ1) is 28.7. The summed E-state index contributed by atoms with van der Waals surface area (Å²) in [5, 5.41) is 7.31. The van der Waals surface area contributed by atoms with Gasteiger partial charge in [-0.15, -0.1) is 11.3 Å². The Morgan fingerprint density at radius 3 is 2.09 bits per heavy atom. The van der Waals surface area contributed by atoms with Gasteiger partial charge in [0.05, 0.1) is 17.1 Å². The van der Waals surface area contributed by atoms with Crippen molar-refractivity contribution in [2.24, 2.45) is 0 Å². The lowest BCUT2D eigenvalue weighted by atomic mass is 9.99. The third-order valence-corrected chi connectivity index (χ3v) is 13.0. The molecule has 8 aromatic carbocycles. The van der Waals surface area contributed by atoms with E-state index in [2.05, 4.69) is 210 Å². The predicted molar refractivity (Wildman–Crippen MR) is 247 cm³/mol. The van der Waals surface area contributed by atoms with Gasteiger partial charge in [-0.3, -0.25) is 0 Å². The molecule has 1 unspecified atom stereocenters. The van der Waals surface area contributed by atoms with Crippen LogP contribution >= 0.6 is 11.3 Å². The number of furan rings is 1. The van der Waals surface area contributed by atoms with Crippen molar-refractivity contribution in [2.75, 3.05) is 4.90 Å². The van der Waals surface area contributed by atoms with Crippen LogP contribution in [0.25, 0.3) is 91.9 Å². The highest BCUT2D eigenvalue weighted by atomic mass is 32.1. The Bertz CT molecular complexity index is 3440. The fourth-order valence-electron chi connectivity index (χ4n) is 9.17. The van der Waals surface area contributed by atoms with Crippen molar-refractivity contribution < 1.29 is 4.42 Å². The van der Waals surface area contributed by atoms with Crippen LogP contribution in [0.4, 0.5) is 11.4 Å². The molecule has 0 amide bonds. The molecule has 1 aliphatic rings. The lowest BCUT2D eigenvalue weighted by Gasteiger charge is -2.33. The minimum atomic E-state index is 0.194. The Kier molecular flexibility index (Phi) is 7.54. The lowest BCUT2D eigenvalue weighted by Crippen LogP contribution is -2.29. The monoisotopic (exact) mass is 760 g/mol. The van der Waals surface area contributed by atoms with Gasteiger partial charge in [0.15, 0.2) is 0 Å². The summed E-state index contributed by atoms with van der Waals surface area (Å²) >= 11 is 1.86. The Morgan fingerprint density at radius 1 is 0.500 bits per heavy atom. The largest absolute Gasteiger partial charge is 0.455 e. The number of allylic oxidation sites excluding steroid dienone is 2. The average molecular weight is 761 g/mol.